The summed E-state index contributed by atoms with van der Waals surface area (Å²) in [6.07, 6.45) is 3.65. The van der Waals surface area contributed by atoms with Gasteiger partial charge in [0.05, 0.1) is 33.9 Å². The van der Waals surface area contributed by atoms with Crippen molar-refractivity contribution in [2.45, 2.75) is 51.1 Å². The number of halogens is 3. The molecule has 0 aromatic heterocycles. The number of benzene rings is 3. The van der Waals surface area contributed by atoms with Crippen LogP contribution in [0.25, 0.3) is 0 Å². The van der Waals surface area contributed by atoms with Gasteiger partial charge in [-0.1, -0.05) is 59.6 Å². The number of hydrogen-bond donors (Lipinski definition) is 1. The maximum absolute atomic E-state index is 15.0. The first-order valence-electron chi connectivity index (χ1n) is 17.1. The van der Waals surface area contributed by atoms with Crippen molar-refractivity contribution in [3.8, 4) is 5.75 Å². The minimum atomic E-state index is -1.41. The van der Waals surface area contributed by atoms with E-state index in [9.17, 15) is 33.1 Å². The molecule has 6 atom stereocenters. The molecule has 1 saturated carbocycles. The number of likely N-dealkylation sites (tertiary alicyclic amines) is 2. The van der Waals surface area contributed by atoms with Gasteiger partial charge in [-0.15, -0.1) is 0 Å². The summed E-state index contributed by atoms with van der Waals surface area (Å²) in [5.41, 5.74) is 1.01. The Labute approximate surface area is 293 Å². The van der Waals surface area contributed by atoms with E-state index in [0.29, 0.717) is 18.4 Å². The van der Waals surface area contributed by atoms with Crippen molar-refractivity contribution in [1.82, 2.24) is 9.80 Å². The Morgan fingerprint density at radius 3 is 2.32 bits per heavy atom. The van der Waals surface area contributed by atoms with Crippen LogP contribution in [-0.4, -0.2) is 57.7 Å². The molecule has 0 radical (unpaired) electrons. The fraction of sp³-hybridized carbons (Fsp3) is 0.385. The molecule has 4 amide bonds. The van der Waals surface area contributed by atoms with Crippen LogP contribution in [0.1, 0.15) is 49.7 Å². The summed E-state index contributed by atoms with van der Waals surface area (Å²) in [5, 5.41) is 9.79. The predicted octanol–water partition coefficient (Wildman–Crippen LogP) is 6.22. The maximum atomic E-state index is 15.0. The number of rotatable bonds is 5. The summed E-state index contributed by atoms with van der Waals surface area (Å²) >= 11 is 6.07. The van der Waals surface area contributed by atoms with E-state index in [1.807, 2.05) is 24.3 Å². The lowest BCUT2D eigenvalue weighted by molar-refractivity contribution is -0.144. The van der Waals surface area contributed by atoms with Crippen LogP contribution in [0.5, 0.6) is 5.75 Å². The van der Waals surface area contributed by atoms with Crippen molar-refractivity contribution in [2.24, 2.45) is 29.1 Å². The van der Waals surface area contributed by atoms with Gasteiger partial charge in [-0.2, -0.15) is 0 Å². The molecular weight excluding hydrogens is 664 g/mol. The SMILES string of the molecule is C[C@@]12C(=O)N(c3ccc(F)c(Cl)c3)C(=O)[C@@H]1C[C@@H]1C(=CC[C@@H]3C(=O)N(C4CCN(Cc5ccccc5)CC4)C(=O)[C@@H]31)[C@@H]2c1ccc(O)c(F)c1. The third-order valence-corrected chi connectivity index (χ3v) is 12.2. The minimum absolute atomic E-state index is 0.115. The van der Waals surface area contributed by atoms with Gasteiger partial charge in [0.1, 0.15) is 5.82 Å². The highest BCUT2D eigenvalue weighted by Crippen LogP contribution is 2.64. The normalized spacial score (nSPS) is 30.0. The maximum Gasteiger partial charge on any atom is 0.241 e. The lowest BCUT2D eigenvalue weighted by Crippen LogP contribution is -2.49. The van der Waals surface area contributed by atoms with Crippen LogP contribution in [0.15, 0.2) is 78.4 Å². The van der Waals surface area contributed by atoms with Crippen LogP contribution in [0, 0.1) is 40.7 Å². The van der Waals surface area contributed by atoms with Gasteiger partial charge in [-0.05, 0) is 80.0 Å². The van der Waals surface area contributed by atoms with Gasteiger partial charge >= 0.3 is 0 Å². The second-order valence-electron chi connectivity index (χ2n) is 14.5. The van der Waals surface area contributed by atoms with Crippen molar-refractivity contribution in [1.29, 1.82) is 0 Å². The fourth-order valence-electron chi connectivity index (χ4n) is 9.53. The zero-order valence-corrected chi connectivity index (χ0v) is 28.2. The van der Waals surface area contributed by atoms with Crippen LogP contribution >= 0.6 is 11.6 Å². The van der Waals surface area contributed by atoms with E-state index >= 15 is 0 Å². The standard InChI is InChI=1S/C39H36ClF2N3O5/c1-39-28(36(48)45(38(39)50)24-8-11-30(41)29(40)18-24)19-27-25(34(39)22-7-12-32(46)31(42)17-22)9-10-26-33(27)37(49)44(35(26)47)23-13-15-43(16-14-23)20-21-5-3-2-4-6-21/h2-9,11-12,17-18,23,26-28,33-34,46H,10,13-16,19-20H2,1H3/t26-,27+,28-,33-,34-,39+/m0/s1. The third kappa shape index (κ3) is 4.93. The van der Waals surface area contributed by atoms with Crippen LogP contribution in [0.3, 0.4) is 0 Å². The number of hydrogen-bond acceptors (Lipinski definition) is 6. The van der Waals surface area contributed by atoms with Crippen LogP contribution < -0.4 is 4.90 Å². The van der Waals surface area contributed by atoms with E-state index < -0.39 is 64.2 Å². The highest BCUT2D eigenvalue weighted by atomic mass is 35.5. The minimum Gasteiger partial charge on any atom is -0.505 e. The van der Waals surface area contributed by atoms with E-state index in [1.54, 1.807) is 6.92 Å². The molecule has 3 aromatic rings. The Kier molecular flexibility index (Phi) is 7.95. The van der Waals surface area contributed by atoms with E-state index in [1.165, 1.54) is 40.8 Å². The Morgan fingerprint density at radius 2 is 1.62 bits per heavy atom. The molecule has 0 unspecified atom stereocenters. The van der Waals surface area contributed by atoms with Crippen molar-refractivity contribution in [2.75, 3.05) is 18.0 Å². The molecule has 4 fully saturated rings. The average molecular weight is 700 g/mol. The lowest BCUT2D eigenvalue weighted by Gasteiger charge is -2.49. The number of allylic oxidation sites excluding steroid dienone is 2. The molecule has 3 aromatic carbocycles. The summed E-state index contributed by atoms with van der Waals surface area (Å²) in [5.74, 6) is -7.31. The highest BCUT2D eigenvalue weighted by molar-refractivity contribution is 6.31. The van der Waals surface area contributed by atoms with Crippen molar-refractivity contribution in [3.05, 3.63) is 106 Å². The zero-order valence-electron chi connectivity index (χ0n) is 27.4. The molecule has 8 rings (SSSR count). The summed E-state index contributed by atoms with van der Waals surface area (Å²) in [6, 6.07) is 17.5. The Bertz CT molecular complexity index is 1960. The molecule has 3 aliphatic heterocycles. The number of carbonyl (C=O) groups is 4. The number of aromatic hydroxyl groups is 1. The zero-order chi connectivity index (χ0) is 35.1. The first kappa shape index (κ1) is 32.8. The first-order chi connectivity index (χ1) is 24.0. The quantitative estimate of drug-likeness (QED) is 0.251. The van der Waals surface area contributed by atoms with Crippen LogP contribution in [-0.2, 0) is 25.7 Å². The molecular formula is C39H36ClF2N3O5. The number of nitrogens with zero attached hydrogens (tertiary/aromatic N) is 3. The number of phenols is 1. The van der Waals surface area contributed by atoms with Gasteiger partial charge in [-0.3, -0.25) is 29.0 Å². The number of carbonyl (C=O) groups excluding carboxylic acids is 4. The largest absolute Gasteiger partial charge is 0.505 e. The Balaban J connectivity index is 1.13. The molecule has 0 spiro atoms. The van der Waals surface area contributed by atoms with Crippen molar-refractivity contribution < 1.29 is 33.1 Å². The number of imide groups is 2. The highest BCUT2D eigenvalue weighted by Gasteiger charge is 2.68. The van der Waals surface area contributed by atoms with E-state index in [2.05, 4.69) is 17.0 Å². The van der Waals surface area contributed by atoms with Crippen LogP contribution in [0.2, 0.25) is 5.02 Å². The van der Waals surface area contributed by atoms with E-state index in [0.717, 1.165) is 36.2 Å². The van der Waals surface area contributed by atoms with Gasteiger partial charge < -0.3 is 5.11 Å². The second-order valence-corrected chi connectivity index (χ2v) is 14.9. The molecule has 8 nitrogen and oxygen atoms in total. The number of amides is 4. The summed E-state index contributed by atoms with van der Waals surface area (Å²) in [4.78, 5) is 62.1. The van der Waals surface area contributed by atoms with E-state index in [-0.39, 0.29) is 41.4 Å². The van der Waals surface area contributed by atoms with Gasteiger partial charge in [0.25, 0.3) is 0 Å². The van der Waals surface area contributed by atoms with Gasteiger partial charge in [-0.25, -0.2) is 13.7 Å². The average Bonchev–Trinajstić information content (AvgIpc) is 3.47. The van der Waals surface area contributed by atoms with E-state index in [4.69, 9.17) is 11.6 Å². The summed E-state index contributed by atoms with van der Waals surface area (Å²) < 4.78 is 29.1. The number of anilines is 1. The van der Waals surface area contributed by atoms with Gasteiger partial charge in [0.15, 0.2) is 11.6 Å². The molecule has 3 heterocycles. The topological polar surface area (TPSA) is 98.2 Å². The Hall–Kier alpha value is -4.41. The molecule has 5 aliphatic rings. The molecule has 2 aliphatic carbocycles. The third-order valence-electron chi connectivity index (χ3n) is 11.9. The number of piperidine rings is 1. The summed E-state index contributed by atoms with van der Waals surface area (Å²) in [6.45, 7) is 3.96. The first-order valence-corrected chi connectivity index (χ1v) is 17.5. The smallest absolute Gasteiger partial charge is 0.241 e. The summed E-state index contributed by atoms with van der Waals surface area (Å²) in [7, 11) is 0. The molecule has 11 heteroatoms. The lowest BCUT2D eigenvalue weighted by atomic mass is 9.51. The monoisotopic (exact) mass is 699 g/mol. The molecule has 1 N–H and O–H groups in total. The predicted molar refractivity (Wildman–Crippen MR) is 181 cm³/mol. The fourth-order valence-corrected chi connectivity index (χ4v) is 9.70. The number of fused-ring (bicyclic) bond motifs is 4. The molecule has 3 saturated heterocycles. The molecule has 258 valence electrons. The van der Waals surface area contributed by atoms with Gasteiger partial charge in [0.2, 0.25) is 23.6 Å². The molecule has 0 bridgehead atoms. The Morgan fingerprint density at radius 1 is 0.880 bits per heavy atom. The van der Waals surface area contributed by atoms with Gasteiger partial charge in [0, 0.05) is 31.6 Å². The van der Waals surface area contributed by atoms with Crippen LogP contribution in [0.4, 0.5) is 14.5 Å². The number of phenolic OH excluding ortho intramolecular Hbond substituents is 1. The molecule has 50 heavy (non-hydrogen) atoms. The second kappa shape index (κ2) is 12.1. The van der Waals surface area contributed by atoms with Crippen molar-refractivity contribution in [3.63, 3.8) is 0 Å². The van der Waals surface area contributed by atoms with Crippen molar-refractivity contribution >= 4 is 40.9 Å².